The lowest BCUT2D eigenvalue weighted by Crippen LogP contribution is -2.10. The number of methoxy groups -OCH3 is 1. The molecule has 0 radical (unpaired) electrons. The minimum atomic E-state index is 0. The molecular weight excluding hydrogens is 222 g/mol. The predicted molar refractivity (Wildman–Crippen MR) is 71.4 cm³/mol. The van der Waals surface area contributed by atoms with Crippen LogP contribution in [0.1, 0.15) is 43.4 Å². The second-order valence-electron chi connectivity index (χ2n) is 3.98. The molecule has 16 heavy (non-hydrogen) atoms. The van der Waals surface area contributed by atoms with Crippen LogP contribution in [-0.2, 0) is 0 Å². The van der Waals surface area contributed by atoms with Crippen LogP contribution in [0.25, 0.3) is 0 Å². The lowest BCUT2D eigenvalue weighted by Gasteiger charge is -2.13. The molecule has 1 aromatic rings. The Morgan fingerprint density at radius 3 is 2.56 bits per heavy atom. The molecule has 0 heterocycles. The first kappa shape index (κ1) is 15.3. The van der Waals surface area contributed by atoms with Crippen molar-refractivity contribution in [3.05, 3.63) is 29.3 Å². The Bertz CT molecular complexity index is 315. The van der Waals surface area contributed by atoms with Crippen molar-refractivity contribution >= 4 is 12.4 Å². The predicted octanol–water partition coefficient (Wildman–Crippen LogP) is 3.62. The maximum Gasteiger partial charge on any atom is 0.121 e. The smallest absolute Gasteiger partial charge is 0.121 e. The van der Waals surface area contributed by atoms with E-state index in [2.05, 4.69) is 26.0 Å². The number of halogens is 1. The first-order valence-corrected chi connectivity index (χ1v) is 5.59. The average Bonchev–Trinajstić information content (AvgIpc) is 2.25. The van der Waals surface area contributed by atoms with Crippen molar-refractivity contribution in [1.82, 2.24) is 0 Å². The van der Waals surface area contributed by atoms with Gasteiger partial charge in [-0.3, -0.25) is 0 Å². The zero-order valence-electron chi connectivity index (χ0n) is 10.3. The minimum Gasteiger partial charge on any atom is -0.496 e. The molecule has 1 aromatic carbocycles. The van der Waals surface area contributed by atoms with Crippen molar-refractivity contribution in [2.75, 3.05) is 7.11 Å². The topological polar surface area (TPSA) is 35.2 Å². The van der Waals surface area contributed by atoms with E-state index in [0.29, 0.717) is 0 Å². The van der Waals surface area contributed by atoms with Gasteiger partial charge in [-0.25, -0.2) is 0 Å². The number of benzene rings is 1. The van der Waals surface area contributed by atoms with Gasteiger partial charge in [-0.1, -0.05) is 31.9 Å². The van der Waals surface area contributed by atoms with Gasteiger partial charge in [0.2, 0.25) is 0 Å². The molecule has 2 N–H and O–H groups in total. The molecule has 0 aliphatic rings. The monoisotopic (exact) mass is 243 g/mol. The number of hydrogen-bond donors (Lipinski definition) is 1. The van der Waals surface area contributed by atoms with Crippen LogP contribution in [0, 0.1) is 6.92 Å². The third-order valence-electron chi connectivity index (χ3n) is 2.72. The Labute approximate surface area is 105 Å². The Hall–Kier alpha value is -0.730. The molecule has 0 unspecified atom stereocenters. The summed E-state index contributed by atoms with van der Waals surface area (Å²) in [4.78, 5) is 0. The summed E-state index contributed by atoms with van der Waals surface area (Å²) in [5, 5.41) is 0. The fourth-order valence-corrected chi connectivity index (χ4v) is 1.72. The first-order valence-electron chi connectivity index (χ1n) is 5.59. The Morgan fingerprint density at radius 1 is 1.38 bits per heavy atom. The van der Waals surface area contributed by atoms with Gasteiger partial charge in [-0.05, 0) is 30.5 Å². The van der Waals surface area contributed by atoms with E-state index in [-0.39, 0.29) is 18.4 Å². The van der Waals surface area contributed by atoms with E-state index >= 15 is 0 Å². The molecule has 0 bridgehead atoms. The highest BCUT2D eigenvalue weighted by Gasteiger charge is 2.07. The van der Waals surface area contributed by atoms with Crippen LogP contribution >= 0.6 is 12.4 Å². The standard InChI is InChI=1S/C13H21NO.ClH/c1-4-5-6-12(14)11-7-8-13(15-3)10(2)9-11;/h7-9,12H,4-6,14H2,1-3H3;1H/t12-;/m1./s1. The first-order chi connectivity index (χ1) is 7.19. The maximum absolute atomic E-state index is 6.10. The molecule has 0 fully saturated rings. The Balaban J connectivity index is 0.00000225. The van der Waals surface area contributed by atoms with Crippen molar-refractivity contribution in [2.45, 2.75) is 39.2 Å². The van der Waals surface area contributed by atoms with Crippen molar-refractivity contribution in [1.29, 1.82) is 0 Å². The van der Waals surface area contributed by atoms with Crippen LogP contribution in [0.3, 0.4) is 0 Å². The van der Waals surface area contributed by atoms with Gasteiger partial charge >= 0.3 is 0 Å². The summed E-state index contributed by atoms with van der Waals surface area (Å²) < 4.78 is 5.22. The van der Waals surface area contributed by atoms with Crippen molar-refractivity contribution < 1.29 is 4.74 Å². The lowest BCUT2D eigenvalue weighted by atomic mass is 10.00. The average molecular weight is 244 g/mol. The molecule has 1 atom stereocenters. The normalized spacial score (nSPS) is 11.8. The van der Waals surface area contributed by atoms with Gasteiger partial charge in [0, 0.05) is 6.04 Å². The summed E-state index contributed by atoms with van der Waals surface area (Å²) in [5.41, 5.74) is 8.47. The van der Waals surface area contributed by atoms with E-state index in [9.17, 15) is 0 Å². The second kappa shape index (κ2) is 7.53. The molecule has 0 aliphatic heterocycles. The quantitative estimate of drug-likeness (QED) is 0.858. The Morgan fingerprint density at radius 2 is 2.06 bits per heavy atom. The molecule has 0 aliphatic carbocycles. The second-order valence-corrected chi connectivity index (χ2v) is 3.98. The third-order valence-corrected chi connectivity index (χ3v) is 2.72. The van der Waals surface area contributed by atoms with E-state index in [0.717, 1.165) is 17.7 Å². The maximum atomic E-state index is 6.10. The van der Waals surface area contributed by atoms with Gasteiger partial charge < -0.3 is 10.5 Å². The molecule has 0 saturated heterocycles. The number of hydrogen-bond acceptors (Lipinski definition) is 2. The van der Waals surface area contributed by atoms with Crippen molar-refractivity contribution in [3.63, 3.8) is 0 Å². The summed E-state index contributed by atoms with van der Waals surface area (Å²) >= 11 is 0. The van der Waals surface area contributed by atoms with E-state index < -0.39 is 0 Å². The van der Waals surface area contributed by atoms with Crippen LogP contribution in [0.4, 0.5) is 0 Å². The van der Waals surface area contributed by atoms with Gasteiger partial charge in [0.15, 0.2) is 0 Å². The summed E-state index contributed by atoms with van der Waals surface area (Å²) in [6.07, 6.45) is 3.44. The fourth-order valence-electron chi connectivity index (χ4n) is 1.72. The number of ether oxygens (including phenoxy) is 1. The van der Waals surface area contributed by atoms with Gasteiger partial charge in [-0.2, -0.15) is 0 Å². The van der Waals surface area contributed by atoms with Crippen LogP contribution in [0.15, 0.2) is 18.2 Å². The molecule has 3 heteroatoms. The molecule has 0 saturated carbocycles. The fraction of sp³-hybridized carbons (Fsp3) is 0.538. The highest BCUT2D eigenvalue weighted by atomic mass is 35.5. The molecular formula is C13H22ClNO. The van der Waals surface area contributed by atoms with E-state index in [1.54, 1.807) is 7.11 Å². The third kappa shape index (κ3) is 4.03. The molecule has 0 amide bonds. The number of rotatable bonds is 5. The van der Waals surface area contributed by atoms with Crippen LogP contribution in [0.2, 0.25) is 0 Å². The van der Waals surface area contributed by atoms with E-state index in [1.165, 1.54) is 18.4 Å². The van der Waals surface area contributed by atoms with E-state index in [1.807, 2.05) is 6.07 Å². The zero-order valence-corrected chi connectivity index (χ0v) is 11.1. The largest absolute Gasteiger partial charge is 0.496 e. The molecule has 0 aromatic heterocycles. The summed E-state index contributed by atoms with van der Waals surface area (Å²) in [5.74, 6) is 0.932. The van der Waals surface area contributed by atoms with Gasteiger partial charge in [0.1, 0.15) is 5.75 Å². The van der Waals surface area contributed by atoms with Crippen molar-refractivity contribution in [2.24, 2.45) is 5.73 Å². The molecule has 0 spiro atoms. The summed E-state index contributed by atoms with van der Waals surface area (Å²) in [7, 11) is 1.69. The Kier molecular flexibility index (Phi) is 7.18. The highest BCUT2D eigenvalue weighted by Crippen LogP contribution is 2.23. The molecule has 1 rings (SSSR count). The number of aryl methyl sites for hydroxylation is 1. The number of nitrogens with two attached hydrogens (primary N) is 1. The van der Waals surface area contributed by atoms with Crippen LogP contribution < -0.4 is 10.5 Å². The highest BCUT2D eigenvalue weighted by molar-refractivity contribution is 5.85. The lowest BCUT2D eigenvalue weighted by molar-refractivity contribution is 0.411. The van der Waals surface area contributed by atoms with Gasteiger partial charge in [0.25, 0.3) is 0 Å². The minimum absolute atomic E-state index is 0. The number of unbranched alkanes of at least 4 members (excludes halogenated alkanes) is 1. The van der Waals surface area contributed by atoms with Crippen LogP contribution in [-0.4, -0.2) is 7.11 Å². The molecule has 2 nitrogen and oxygen atoms in total. The molecule has 92 valence electrons. The SMILES string of the molecule is CCCC[C@@H](N)c1ccc(OC)c(C)c1.Cl. The summed E-state index contributed by atoms with van der Waals surface area (Å²) in [6, 6.07) is 6.34. The van der Waals surface area contributed by atoms with Gasteiger partial charge in [0.05, 0.1) is 7.11 Å². The van der Waals surface area contributed by atoms with E-state index in [4.69, 9.17) is 10.5 Å². The zero-order chi connectivity index (χ0) is 11.3. The summed E-state index contributed by atoms with van der Waals surface area (Å²) in [6.45, 7) is 4.24. The van der Waals surface area contributed by atoms with Crippen LogP contribution in [0.5, 0.6) is 5.75 Å². The van der Waals surface area contributed by atoms with Gasteiger partial charge in [-0.15, -0.1) is 12.4 Å². The van der Waals surface area contributed by atoms with Crippen molar-refractivity contribution in [3.8, 4) is 5.75 Å².